The molecule has 1 heterocycles. The molecule has 0 radical (unpaired) electrons. The minimum absolute atomic E-state index is 0.239. The fourth-order valence-corrected chi connectivity index (χ4v) is 4.13. The van der Waals surface area contributed by atoms with Crippen molar-refractivity contribution in [3.8, 4) is 0 Å². The minimum Gasteiger partial charge on any atom is -0.147 e. The van der Waals surface area contributed by atoms with Gasteiger partial charge in [-0.05, 0) is 57.8 Å². The van der Waals surface area contributed by atoms with E-state index >= 15 is 0 Å². The predicted octanol–water partition coefficient (Wildman–Crippen LogP) is 5.49. The highest BCUT2D eigenvalue weighted by molar-refractivity contribution is 14.1. The Morgan fingerprint density at radius 1 is 1.33 bits per heavy atom. The third-order valence-corrected chi connectivity index (χ3v) is 5.47. The van der Waals surface area contributed by atoms with Crippen LogP contribution in [0.2, 0.25) is 5.02 Å². The second-order valence-corrected chi connectivity index (χ2v) is 6.54. The summed E-state index contributed by atoms with van der Waals surface area (Å²) in [5.74, 6) is 0. The van der Waals surface area contributed by atoms with Crippen molar-refractivity contribution >= 4 is 61.5 Å². The molecule has 4 heteroatoms. The fraction of sp³-hybridized carbons (Fsp3) is 0.0909. The second kappa shape index (κ2) is 5.17. The number of alkyl halides is 1. The van der Waals surface area contributed by atoms with Gasteiger partial charge in [0.1, 0.15) is 0 Å². The highest BCUT2D eigenvalue weighted by Crippen LogP contribution is 2.37. The lowest BCUT2D eigenvalue weighted by Gasteiger charge is -2.10. The first kappa shape index (κ1) is 11.9. The summed E-state index contributed by atoms with van der Waals surface area (Å²) in [7, 11) is 0. The zero-order valence-corrected chi connectivity index (χ0v) is 12.9. The lowest BCUT2D eigenvalue weighted by Crippen LogP contribution is -1.93. The molecule has 0 nitrogen and oxygen atoms in total. The topological polar surface area (TPSA) is 0 Å². The van der Waals surface area contributed by atoms with Crippen LogP contribution >= 0.6 is 61.5 Å². The summed E-state index contributed by atoms with van der Waals surface area (Å²) in [5, 5.41) is 2.87. The molecule has 0 bridgehead atoms. The smallest absolute Gasteiger partial charge is 0.0748 e. The largest absolute Gasteiger partial charge is 0.147 e. The second-order valence-electron chi connectivity index (χ2n) is 3.04. The predicted molar refractivity (Wildman–Crippen MR) is 79.3 cm³/mol. The van der Waals surface area contributed by atoms with E-state index in [-0.39, 0.29) is 4.83 Å². The van der Waals surface area contributed by atoms with Gasteiger partial charge in [-0.25, -0.2) is 0 Å². The van der Waals surface area contributed by atoms with Gasteiger partial charge in [0, 0.05) is 13.5 Å². The molecule has 1 aromatic heterocycles. The summed E-state index contributed by atoms with van der Waals surface area (Å²) in [4.78, 5) is 1.54. The maximum absolute atomic E-state index is 6.00. The van der Waals surface area contributed by atoms with E-state index in [1.807, 2.05) is 18.2 Å². The van der Waals surface area contributed by atoms with Crippen LogP contribution in [0.5, 0.6) is 0 Å². The molecule has 0 saturated carbocycles. The molecule has 0 spiro atoms. The van der Waals surface area contributed by atoms with Crippen molar-refractivity contribution < 1.29 is 0 Å². The van der Waals surface area contributed by atoms with Crippen molar-refractivity contribution in [3.63, 3.8) is 0 Å². The Labute approximate surface area is 120 Å². The molecule has 2 aromatic rings. The summed E-state index contributed by atoms with van der Waals surface area (Å²) in [6, 6.07) is 10.2. The standard InChI is InChI=1S/C11H7BrClIS/c12-11(10-2-1-5-15-10)8-6-7(13)3-4-9(8)14/h1-6,11H. The lowest BCUT2D eigenvalue weighted by molar-refractivity contribution is 1.21. The van der Waals surface area contributed by atoms with Gasteiger partial charge in [-0.1, -0.05) is 33.6 Å². The molecule has 15 heavy (non-hydrogen) atoms. The average Bonchev–Trinajstić information content (AvgIpc) is 2.74. The molecule has 1 atom stereocenters. The molecule has 0 amide bonds. The minimum atomic E-state index is 0.239. The first-order chi connectivity index (χ1) is 7.18. The van der Waals surface area contributed by atoms with Crippen LogP contribution in [0.1, 0.15) is 15.3 Å². The molecule has 0 aliphatic heterocycles. The number of rotatable bonds is 2. The molecule has 0 aliphatic carbocycles. The summed E-state index contributed by atoms with van der Waals surface area (Å²) in [6.07, 6.45) is 0. The van der Waals surface area contributed by atoms with Crippen molar-refractivity contribution in [1.29, 1.82) is 0 Å². The lowest BCUT2D eigenvalue weighted by atomic mass is 10.1. The van der Waals surface area contributed by atoms with Crippen molar-refractivity contribution in [2.45, 2.75) is 4.83 Å². The normalized spacial score (nSPS) is 12.7. The molecule has 0 aliphatic rings. The number of halogens is 3. The molecule has 1 aromatic carbocycles. The third-order valence-electron chi connectivity index (χ3n) is 2.02. The first-order valence-corrected chi connectivity index (χ1v) is 7.56. The maximum Gasteiger partial charge on any atom is 0.0748 e. The van der Waals surface area contributed by atoms with Gasteiger partial charge in [-0.15, -0.1) is 11.3 Å². The Morgan fingerprint density at radius 3 is 2.80 bits per heavy atom. The van der Waals surface area contributed by atoms with E-state index in [9.17, 15) is 0 Å². The molecular weight excluding hydrogens is 406 g/mol. The fourth-order valence-electron chi connectivity index (χ4n) is 1.30. The van der Waals surface area contributed by atoms with Crippen LogP contribution in [0.3, 0.4) is 0 Å². The van der Waals surface area contributed by atoms with Crippen LogP contribution in [0.4, 0.5) is 0 Å². The highest BCUT2D eigenvalue weighted by atomic mass is 127. The SMILES string of the molecule is Clc1ccc(I)c(C(Br)c2cccs2)c1. The van der Waals surface area contributed by atoms with Crippen LogP contribution in [-0.2, 0) is 0 Å². The van der Waals surface area contributed by atoms with Gasteiger partial charge in [-0.3, -0.25) is 0 Å². The van der Waals surface area contributed by atoms with Gasteiger partial charge in [0.2, 0.25) is 0 Å². The van der Waals surface area contributed by atoms with Gasteiger partial charge in [0.05, 0.1) is 4.83 Å². The Hall–Kier alpha value is 0.420. The summed E-state index contributed by atoms with van der Waals surface area (Å²) >= 11 is 13.8. The zero-order valence-electron chi connectivity index (χ0n) is 7.58. The van der Waals surface area contributed by atoms with Crippen molar-refractivity contribution in [2.24, 2.45) is 0 Å². The van der Waals surface area contributed by atoms with Gasteiger partial charge in [0.15, 0.2) is 0 Å². The van der Waals surface area contributed by atoms with E-state index in [1.165, 1.54) is 14.0 Å². The van der Waals surface area contributed by atoms with E-state index < -0.39 is 0 Å². The third kappa shape index (κ3) is 2.75. The zero-order chi connectivity index (χ0) is 10.8. The van der Waals surface area contributed by atoms with Crippen LogP contribution in [-0.4, -0.2) is 0 Å². The Balaban J connectivity index is 2.41. The molecule has 78 valence electrons. The Morgan fingerprint density at radius 2 is 2.13 bits per heavy atom. The van der Waals surface area contributed by atoms with Crippen molar-refractivity contribution in [2.75, 3.05) is 0 Å². The molecule has 1 unspecified atom stereocenters. The van der Waals surface area contributed by atoms with E-state index in [1.54, 1.807) is 11.3 Å². The van der Waals surface area contributed by atoms with Gasteiger partial charge >= 0.3 is 0 Å². The molecule has 0 N–H and O–H groups in total. The molecule has 0 saturated heterocycles. The summed E-state index contributed by atoms with van der Waals surface area (Å²) < 4.78 is 1.23. The van der Waals surface area contributed by atoms with Gasteiger partial charge in [-0.2, -0.15) is 0 Å². The van der Waals surface area contributed by atoms with E-state index in [2.05, 4.69) is 56.0 Å². The van der Waals surface area contributed by atoms with E-state index in [0.717, 1.165) is 5.02 Å². The molecule has 0 fully saturated rings. The van der Waals surface area contributed by atoms with E-state index in [4.69, 9.17) is 11.6 Å². The van der Waals surface area contributed by atoms with Crippen molar-refractivity contribution in [3.05, 3.63) is 54.7 Å². The van der Waals surface area contributed by atoms with Crippen LogP contribution in [0.25, 0.3) is 0 Å². The van der Waals surface area contributed by atoms with Crippen molar-refractivity contribution in [1.82, 2.24) is 0 Å². The number of benzene rings is 1. The Bertz CT molecular complexity index is 456. The number of hydrogen-bond acceptors (Lipinski definition) is 1. The quantitative estimate of drug-likeness (QED) is 0.451. The first-order valence-electron chi connectivity index (χ1n) is 4.31. The molecule has 2 rings (SSSR count). The van der Waals surface area contributed by atoms with E-state index in [0.29, 0.717) is 0 Å². The summed E-state index contributed by atoms with van der Waals surface area (Å²) in [5.41, 5.74) is 1.23. The average molecular weight is 414 g/mol. The molecular formula is C11H7BrClIS. The van der Waals surface area contributed by atoms with Crippen LogP contribution < -0.4 is 0 Å². The monoisotopic (exact) mass is 412 g/mol. The van der Waals surface area contributed by atoms with Crippen LogP contribution in [0, 0.1) is 3.57 Å². The van der Waals surface area contributed by atoms with Crippen LogP contribution in [0.15, 0.2) is 35.7 Å². The summed E-state index contributed by atoms with van der Waals surface area (Å²) in [6.45, 7) is 0. The maximum atomic E-state index is 6.00. The highest BCUT2D eigenvalue weighted by Gasteiger charge is 2.14. The Kier molecular flexibility index (Phi) is 4.10. The number of hydrogen-bond donors (Lipinski definition) is 0. The van der Waals surface area contributed by atoms with Gasteiger partial charge in [0.25, 0.3) is 0 Å². The van der Waals surface area contributed by atoms with Gasteiger partial charge < -0.3 is 0 Å². The number of thiophene rings is 1.